The molecule has 0 saturated heterocycles. The second-order valence-electron chi connectivity index (χ2n) is 7.89. The van der Waals surface area contributed by atoms with Gasteiger partial charge in [0.2, 0.25) is 11.8 Å². The Morgan fingerprint density at radius 3 is 2.13 bits per heavy atom. The number of carbonyl (C=O) groups is 2. The van der Waals surface area contributed by atoms with E-state index in [1.54, 1.807) is 19.1 Å². The van der Waals surface area contributed by atoms with Crippen molar-refractivity contribution >= 4 is 11.8 Å². The van der Waals surface area contributed by atoms with Crippen molar-refractivity contribution in [2.45, 2.75) is 51.7 Å². The number of benzene rings is 2. The summed E-state index contributed by atoms with van der Waals surface area (Å²) in [5, 5.41) is 9.73. The fraction of sp³-hybridized carbons (Fsp3) is 0.391. The van der Waals surface area contributed by atoms with Crippen LogP contribution in [0.4, 0.5) is 0 Å². The molecule has 0 spiro atoms. The van der Waals surface area contributed by atoms with Crippen molar-refractivity contribution in [2.24, 2.45) is 17.2 Å². The Morgan fingerprint density at radius 1 is 1.03 bits per heavy atom. The number of phenolic OH excluding ortho intramolecular Hbond substituents is 1. The average molecular weight is 413 g/mol. The van der Waals surface area contributed by atoms with E-state index in [0.717, 1.165) is 22.3 Å². The van der Waals surface area contributed by atoms with Crippen LogP contribution >= 0.6 is 0 Å². The summed E-state index contributed by atoms with van der Waals surface area (Å²) in [4.78, 5) is 26.4. The van der Waals surface area contributed by atoms with Gasteiger partial charge in [-0.25, -0.2) is 0 Å². The van der Waals surface area contributed by atoms with Gasteiger partial charge in [-0.15, -0.1) is 0 Å². The number of aryl methyl sites for hydroxylation is 2. The van der Waals surface area contributed by atoms with Gasteiger partial charge in [0.25, 0.3) is 0 Å². The van der Waals surface area contributed by atoms with E-state index in [1.165, 1.54) is 4.90 Å². The van der Waals surface area contributed by atoms with Crippen LogP contribution in [-0.2, 0) is 22.4 Å². The van der Waals surface area contributed by atoms with Gasteiger partial charge in [0.05, 0.1) is 6.04 Å². The number of primary amides is 1. The first-order chi connectivity index (χ1) is 14.1. The highest BCUT2D eigenvalue weighted by Crippen LogP contribution is 2.22. The van der Waals surface area contributed by atoms with Crippen LogP contribution in [0.5, 0.6) is 5.75 Å². The molecule has 0 radical (unpaired) electrons. The minimum absolute atomic E-state index is 0.166. The van der Waals surface area contributed by atoms with Gasteiger partial charge in [-0.05, 0) is 68.0 Å². The lowest BCUT2D eigenvalue weighted by Crippen LogP contribution is -2.56. The SMILES string of the molecule is Cc1cc(O)cc(C)c1C[C@H](N)C(=O)N(C[C@H](N)Cc1ccccc1)[C@H](C)C(N)=O. The largest absolute Gasteiger partial charge is 0.508 e. The molecule has 2 rings (SSSR count). The zero-order valence-electron chi connectivity index (χ0n) is 17.8. The number of rotatable bonds is 9. The van der Waals surface area contributed by atoms with Crippen molar-refractivity contribution in [3.8, 4) is 5.75 Å². The molecule has 0 bridgehead atoms. The minimum atomic E-state index is -0.863. The molecule has 0 aliphatic heterocycles. The summed E-state index contributed by atoms with van der Waals surface area (Å²) in [6.45, 7) is 5.47. The van der Waals surface area contributed by atoms with Gasteiger partial charge in [-0.3, -0.25) is 9.59 Å². The summed E-state index contributed by atoms with van der Waals surface area (Å²) in [6, 6.07) is 10.9. The third-order valence-corrected chi connectivity index (χ3v) is 5.36. The van der Waals surface area contributed by atoms with Crippen molar-refractivity contribution in [1.29, 1.82) is 0 Å². The lowest BCUT2D eigenvalue weighted by atomic mass is 9.95. The Kier molecular flexibility index (Phi) is 7.97. The summed E-state index contributed by atoms with van der Waals surface area (Å²) in [5.74, 6) is -0.819. The maximum Gasteiger partial charge on any atom is 0.240 e. The van der Waals surface area contributed by atoms with Crippen LogP contribution in [0.2, 0.25) is 0 Å². The van der Waals surface area contributed by atoms with Crippen molar-refractivity contribution in [3.63, 3.8) is 0 Å². The number of phenols is 1. The molecule has 2 amide bonds. The van der Waals surface area contributed by atoms with Gasteiger partial charge in [-0.2, -0.15) is 0 Å². The van der Waals surface area contributed by atoms with Crippen LogP contribution in [0.15, 0.2) is 42.5 Å². The molecule has 0 unspecified atom stereocenters. The fourth-order valence-corrected chi connectivity index (χ4v) is 3.64. The summed E-state index contributed by atoms with van der Waals surface area (Å²) in [7, 11) is 0. The zero-order valence-corrected chi connectivity index (χ0v) is 17.8. The second kappa shape index (κ2) is 10.2. The highest BCUT2D eigenvalue weighted by atomic mass is 16.3. The fourth-order valence-electron chi connectivity index (χ4n) is 3.64. The molecular weight excluding hydrogens is 380 g/mol. The molecule has 0 fully saturated rings. The first-order valence-electron chi connectivity index (χ1n) is 10.0. The maximum absolute atomic E-state index is 13.2. The molecule has 7 nitrogen and oxygen atoms in total. The Balaban J connectivity index is 2.17. The van der Waals surface area contributed by atoms with E-state index in [9.17, 15) is 14.7 Å². The molecule has 0 aromatic heterocycles. The number of nitrogens with two attached hydrogens (primary N) is 3. The van der Waals surface area contributed by atoms with E-state index in [2.05, 4.69) is 0 Å². The van der Waals surface area contributed by atoms with E-state index < -0.39 is 18.0 Å². The Hall–Kier alpha value is -2.90. The quantitative estimate of drug-likeness (QED) is 0.490. The van der Waals surface area contributed by atoms with E-state index >= 15 is 0 Å². The number of carbonyl (C=O) groups excluding carboxylic acids is 2. The third kappa shape index (κ3) is 6.05. The number of hydrogen-bond acceptors (Lipinski definition) is 5. The van der Waals surface area contributed by atoms with Crippen LogP contribution in [0.25, 0.3) is 0 Å². The van der Waals surface area contributed by atoms with Gasteiger partial charge < -0.3 is 27.2 Å². The van der Waals surface area contributed by atoms with Crippen LogP contribution in [-0.4, -0.2) is 46.5 Å². The molecule has 0 saturated carbocycles. The number of amides is 2. The molecular formula is C23H32N4O3. The van der Waals surface area contributed by atoms with Gasteiger partial charge >= 0.3 is 0 Å². The molecule has 7 N–H and O–H groups in total. The first-order valence-corrected chi connectivity index (χ1v) is 10.0. The normalized spacial score (nSPS) is 14.0. The molecule has 3 atom stereocenters. The lowest BCUT2D eigenvalue weighted by molar-refractivity contribution is -0.140. The Labute approximate surface area is 177 Å². The van der Waals surface area contributed by atoms with Crippen LogP contribution < -0.4 is 17.2 Å². The maximum atomic E-state index is 13.2. The predicted octanol–water partition coefficient (Wildman–Crippen LogP) is 1.15. The minimum Gasteiger partial charge on any atom is -0.508 e. The summed E-state index contributed by atoms with van der Waals surface area (Å²) in [6.07, 6.45) is 0.841. The van der Waals surface area contributed by atoms with Crippen LogP contribution in [0, 0.1) is 13.8 Å². The molecule has 0 heterocycles. The topological polar surface area (TPSA) is 136 Å². The first kappa shape index (κ1) is 23.4. The standard InChI is InChI=1S/C23H32N4O3/c1-14-9-19(28)10-15(2)20(14)12-21(25)23(30)27(16(3)22(26)29)13-18(24)11-17-7-5-4-6-8-17/h4-10,16,18,21,28H,11-13,24-25H2,1-3H3,(H2,26,29)/t16-,18-,21+/m1/s1. The lowest BCUT2D eigenvalue weighted by Gasteiger charge is -2.32. The highest BCUT2D eigenvalue weighted by molar-refractivity contribution is 5.89. The molecule has 2 aromatic carbocycles. The van der Waals surface area contributed by atoms with E-state index in [-0.39, 0.29) is 30.7 Å². The molecule has 7 heteroatoms. The van der Waals surface area contributed by atoms with Crippen molar-refractivity contribution in [1.82, 2.24) is 4.90 Å². The summed E-state index contributed by atoms with van der Waals surface area (Å²) in [5.41, 5.74) is 21.7. The molecule has 0 aliphatic carbocycles. The zero-order chi connectivity index (χ0) is 22.4. The Morgan fingerprint density at radius 2 is 1.60 bits per heavy atom. The smallest absolute Gasteiger partial charge is 0.240 e. The third-order valence-electron chi connectivity index (χ3n) is 5.36. The number of aromatic hydroxyl groups is 1. The van der Waals surface area contributed by atoms with Crippen LogP contribution in [0.1, 0.15) is 29.2 Å². The molecule has 162 valence electrons. The van der Waals surface area contributed by atoms with Gasteiger partial charge in [0.15, 0.2) is 0 Å². The van der Waals surface area contributed by atoms with Crippen molar-refractivity contribution in [3.05, 3.63) is 64.7 Å². The number of nitrogens with zero attached hydrogens (tertiary/aromatic N) is 1. The second-order valence-corrected chi connectivity index (χ2v) is 7.89. The van der Waals surface area contributed by atoms with E-state index in [1.807, 2.05) is 44.2 Å². The molecule has 30 heavy (non-hydrogen) atoms. The van der Waals surface area contributed by atoms with Gasteiger partial charge in [-0.1, -0.05) is 30.3 Å². The Bertz CT molecular complexity index is 862. The van der Waals surface area contributed by atoms with Gasteiger partial charge in [0.1, 0.15) is 11.8 Å². The van der Waals surface area contributed by atoms with Crippen LogP contribution in [0.3, 0.4) is 0 Å². The van der Waals surface area contributed by atoms with E-state index in [0.29, 0.717) is 6.42 Å². The average Bonchev–Trinajstić information content (AvgIpc) is 2.68. The van der Waals surface area contributed by atoms with Crippen molar-refractivity contribution in [2.75, 3.05) is 6.54 Å². The molecule has 2 aromatic rings. The monoisotopic (exact) mass is 412 g/mol. The van der Waals surface area contributed by atoms with Crippen molar-refractivity contribution < 1.29 is 14.7 Å². The predicted molar refractivity (Wildman–Crippen MR) is 118 cm³/mol. The summed E-state index contributed by atoms with van der Waals surface area (Å²) < 4.78 is 0. The van der Waals surface area contributed by atoms with Gasteiger partial charge in [0, 0.05) is 12.6 Å². The number of hydrogen-bond donors (Lipinski definition) is 4. The summed E-state index contributed by atoms with van der Waals surface area (Å²) >= 11 is 0. The van der Waals surface area contributed by atoms with E-state index in [4.69, 9.17) is 17.2 Å². The highest BCUT2D eigenvalue weighted by Gasteiger charge is 2.30. The molecule has 0 aliphatic rings.